The van der Waals surface area contributed by atoms with E-state index in [1.807, 2.05) is 97.1 Å². The normalized spacial score (nSPS) is 11.7. The Bertz CT molecular complexity index is 2060. The first-order valence-corrected chi connectivity index (χ1v) is 19.6. The van der Waals surface area contributed by atoms with Crippen molar-refractivity contribution in [1.29, 1.82) is 0 Å². The molecule has 2 aliphatic rings. The summed E-state index contributed by atoms with van der Waals surface area (Å²) in [6, 6.07) is 32.2. The Balaban J connectivity index is 0.000000892. The molecular weight excluding hydrogens is 809 g/mol. The molecule has 9 rings (SSSR count). The van der Waals surface area contributed by atoms with Gasteiger partial charge in [0.15, 0.2) is 23.3 Å². The van der Waals surface area contributed by atoms with Crippen LogP contribution in [0.25, 0.3) is 89.7 Å². The van der Waals surface area contributed by atoms with Crippen LogP contribution in [-0.4, -0.2) is 39.9 Å². The fraction of sp³-hybridized carbons (Fsp3) is 0. The van der Waals surface area contributed by atoms with E-state index in [1.54, 1.807) is 8.07 Å². The van der Waals surface area contributed by atoms with Gasteiger partial charge in [0.05, 0.1) is 0 Å². The summed E-state index contributed by atoms with van der Waals surface area (Å²) in [5.41, 5.74) is 6.45. The molecule has 0 amide bonds. The van der Waals surface area contributed by atoms with Crippen LogP contribution in [0, 0.1) is 0 Å². The SMILES string of the molecule is [I][Ni][I].c1ccc2c(c1)-c1nc-2nc2[nH]c(nc3nc(nc4[nH]c(n1)c1ccccc41)-c1ccccc1-3)c1ccccc21. The molecule has 8 bridgehead atoms. The van der Waals surface area contributed by atoms with E-state index < -0.39 is 0 Å². The molecule has 0 fully saturated rings. The molecule has 3 aromatic heterocycles. The van der Waals surface area contributed by atoms with E-state index in [-0.39, 0.29) is 0 Å². The summed E-state index contributed by atoms with van der Waals surface area (Å²) in [5, 5.41) is 3.82. The Hall–Kier alpha value is -3.81. The molecule has 0 saturated carbocycles. The smallest absolute Gasteiger partial charge is 0.164 e. The molecule has 2 N–H and O–H groups in total. The van der Waals surface area contributed by atoms with Gasteiger partial charge in [0.2, 0.25) is 0 Å². The van der Waals surface area contributed by atoms with Crippen molar-refractivity contribution < 1.29 is 8.07 Å². The minimum atomic E-state index is 0.597. The number of H-pyrrole nitrogens is 2. The van der Waals surface area contributed by atoms with Crippen molar-refractivity contribution in [2.45, 2.75) is 0 Å². The largest absolute Gasteiger partial charge is 0.324 e. The average molecular weight is 827 g/mol. The van der Waals surface area contributed by atoms with Crippen LogP contribution < -0.4 is 0 Å². The number of nitrogens with one attached hydrogen (secondary N) is 2. The fourth-order valence-electron chi connectivity index (χ4n) is 5.59. The number of benzene rings is 4. The predicted octanol–water partition coefficient (Wildman–Crippen LogP) is 8.64. The summed E-state index contributed by atoms with van der Waals surface area (Å²) in [6.45, 7) is 0. The van der Waals surface area contributed by atoms with Crippen LogP contribution in [0.1, 0.15) is 0 Å². The van der Waals surface area contributed by atoms with Gasteiger partial charge in [-0.1, -0.05) is 97.1 Å². The zero-order valence-corrected chi connectivity index (χ0v) is 27.3. The zero-order valence-electron chi connectivity index (χ0n) is 22.0. The van der Waals surface area contributed by atoms with E-state index in [0.29, 0.717) is 45.9 Å². The third-order valence-corrected chi connectivity index (χ3v) is 7.46. The number of rotatable bonds is 0. The van der Waals surface area contributed by atoms with Crippen LogP contribution in [0.5, 0.6) is 0 Å². The zero-order chi connectivity index (χ0) is 28.9. The van der Waals surface area contributed by atoms with Gasteiger partial charge in [-0.15, -0.1) is 0 Å². The second-order valence-corrected chi connectivity index (χ2v) is 18.2. The monoisotopic (exact) mass is 826 g/mol. The summed E-state index contributed by atoms with van der Waals surface area (Å²) in [5.74, 6) is 2.39. The van der Waals surface area contributed by atoms with E-state index >= 15 is 0 Å². The first-order chi connectivity index (χ1) is 21.2. The topological polar surface area (TPSA) is 109 Å². The molecule has 5 heterocycles. The van der Waals surface area contributed by atoms with E-state index in [2.05, 4.69) is 50.9 Å². The standard InChI is InChI=1S/C32H18N8.2HI.Ni/c1-2-10-18-17(9-1)25-33-26(18)38-28-21-13-5-6-14-22(21)30(35-28)40-32-24-16-8-7-15-23(24)31(36-32)39-29-20-12-4-3-11-19(20)27(34-29)37-25;;;/h1-16H,(H2,33,34,35,36,37,38,39,40);2*1H;/q;;;+2/p-2. The summed E-state index contributed by atoms with van der Waals surface area (Å²) < 4.78 is 0. The summed E-state index contributed by atoms with van der Waals surface area (Å²) in [7, 11) is 1.56. The van der Waals surface area contributed by atoms with Crippen LogP contribution in [0.15, 0.2) is 97.1 Å². The maximum atomic E-state index is 5.02. The van der Waals surface area contributed by atoms with E-state index in [9.17, 15) is 0 Å². The molecule has 8 nitrogen and oxygen atoms in total. The van der Waals surface area contributed by atoms with Crippen molar-refractivity contribution in [2.75, 3.05) is 0 Å². The molecule has 0 atom stereocenters. The Morgan fingerprint density at radius 3 is 0.860 bits per heavy atom. The van der Waals surface area contributed by atoms with Crippen molar-refractivity contribution in [2.24, 2.45) is 0 Å². The van der Waals surface area contributed by atoms with Crippen molar-refractivity contribution in [1.82, 2.24) is 39.9 Å². The Kier molecular flexibility index (Phi) is 6.88. The van der Waals surface area contributed by atoms with Crippen molar-refractivity contribution in [3.8, 4) is 45.6 Å². The number of aromatic amines is 2. The van der Waals surface area contributed by atoms with Crippen molar-refractivity contribution in [3.63, 3.8) is 0 Å². The maximum absolute atomic E-state index is 5.02. The first-order valence-electron chi connectivity index (χ1n) is 13.2. The molecule has 43 heavy (non-hydrogen) atoms. The van der Waals surface area contributed by atoms with Gasteiger partial charge in [0, 0.05) is 43.8 Å². The predicted molar refractivity (Wildman–Crippen MR) is 184 cm³/mol. The number of halogens is 2. The van der Waals surface area contributed by atoms with Crippen LogP contribution >= 0.6 is 41.0 Å². The second kappa shape index (κ2) is 11.0. The van der Waals surface area contributed by atoms with Gasteiger partial charge in [-0.3, -0.25) is 0 Å². The second-order valence-electron chi connectivity index (χ2n) is 9.84. The summed E-state index contributed by atoms with van der Waals surface area (Å²) in [4.78, 5) is 36.8. The molecule has 2 aliphatic heterocycles. The van der Waals surface area contributed by atoms with Gasteiger partial charge >= 0.3 is 49.0 Å². The molecule has 0 aliphatic carbocycles. The quantitative estimate of drug-likeness (QED) is 0.117. The van der Waals surface area contributed by atoms with Crippen LogP contribution in [0.3, 0.4) is 0 Å². The maximum Gasteiger partial charge on any atom is 0.164 e. The summed E-state index contributed by atoms with van der Waals surface area (Å²) in [6.07, 6.45) is 0. The number of fused-ring (bicyclic) bond motifs is 20. The molecular formula is C32H18I2N8Ni. The fourth-order valence-corrected chi connectivity index (χ4v) is 5.59. The Labute approximate surface area is 273 Å². The number of hydrogen-bond donors (Lipinski definition) is 2. The van der Waals surface area contributed by atoms with Crippen LogP contribution in [0.2, 0.25) is 0 Å². The third-order valence-electron chi connectivity index (χ3n) is 7.46. The Morgan fingerprint density at radius 2 is 0.605 bits per heavy atom. The molecule has 7 aromatic rings. The van der Waals surface area contributed by atoms with Gasteiger partial charge in [-0.25, -0.2) is 29.9 Å². The Morgan fingerprint density at radius 1 is 0.372 bits per heavy atom. The van der Waals surface area contributed by atoms with Gasteiger partial charge in [0.1, 0.15) is 22.6 Å². The van der Waals surface area contributed by atoms with Crippen LogP contribution in [-0.2, 0) is 8.07 Å². The van der Waals surface area contributed by atoms with Crippen molar-refractivity contribution in [3.05, 3.63) is 97.1 Å². The average Bonchev–Trinajstić information content (AvgIpc) is 3.77. The molecule has 0 unspecified atom stereocenters. The third kappa shape index (κ3) is 4.61. The number of hydrogen-bond acceptors (Lipinski definition) is 6. The van der Waals surface area contributed by atoms with E-state index in [1.165, 1.54) is 0 Å². The minimum absolute atomic E-state index is 0.597. The molecule has 4 aromatic carbocycles. The van der Waals surface area contributed by atoms with Gasteiger partial charge in [-0.05, 0) is 0 Å². The number of aromatic nitrogens is 8. The number of nitrogens with zero attached hydrogens (tertiary/aromatic N) is 6. The summed E-state index contributed by atoms with van der Waals surface area (Å²) >= 11 is 4.43. The molecule has 0 spiro atoms. The van der Waals surface area contributed by atoms with Crippen molar-refractivity contribution >= 4 is 85.1 Å². The molecule has 11 heteroatoms. The minimum Gasteiger partial charge on any atom is -0.324 e. The van der Waals surface area contributed by atoms with E-state index in [0.717, 1.165) is 43.8 Å². The molecule has 0 radical (unpaired) electrons. The first kappa shape index (κ1) is 26.8. The van der Waals surface area contributed by atoms with Gasteiger partial charge in [0.25, 0.3) is 0 Å². The molecule has 0 saturated heterocycles. The van der Waals surface area contributed by atoms with Crippen LogP contribution in [0.4, 0.5) is 0 Å². The van der Waals surface area contributed by atoms with Gasteiger partial charge in [-0.2, -0.15) is 0 Å². The van der Waals surface area contributed by atoms with Gasteiger partial charge < -0.3 is 9.97 Å². The molecule has 210 valence electrons. The van der Waals surface area contributed by atoms with E-state index in [4.69, 9.17) is 29.9 Å².